The third kappa shape index (κ3) is 3.51. The lowest BCUT2D eigenvalue weighted by Crippen LogP contribution is -2.12. The minimum absolute atomic E-state index is 0.254. The fraction of sp³-hybridized carbons (Fsp3) is 0.278. The maximum Gasteiger partial charge on any atom is 0.253 e. The quantitative estimate of drug-likeness (QED) is 0.744. The first kappa shape index (κ1) is 17.0. The van der Waals surface area contributed by atoms with Crippen LogP contribution in [0.25, 0.3) is 5.82 Å². The Bertz CT molecular complexity index is 948. The Morgan fingerprint density at radius 2 is 2.16 bits per heavy atom. The third-order valence-electron chi connectivity index (χ3n) is 4.12. The molecule has 2 heterocycles. The molecule has 0 saturated heterocycles. The van der Waals surface area contributed by atoms with Gasteiger partial charge in [-0.05, 0) is 30.5 Å². The largest absolute Gasteiger partial charge is 0.395 e. The Labute approximate surface area is 144 Å². The molecule has 0 spiro atoms. The number of aromatic amines is 1. The Kier molecular flexibility index (Phi) is 4.76. The summed E-state index contributed by atoms with van der Waals surface area (Å²) in [5, 5.41) is 14.0. The number of aromatic nitrogens is 4. The summed E-state index contributed by atoms with van der Waals surface area (Å²) >= 11 is 0. The van der Waals surface area contributed by atoms with Crippen LogP contribution in [-0.4, -0.2) is 31.5 Å². The molecule has 6 nitrogen and oxygen atoms in total. The Morgan fingerprint density at radius 1 is 1.36 bits per heavy atom. The molecule has 3 aromatic rings. The fourth-order valence-corrected chi connectivity index (χ4v) is 2.78. The number of aliphatic hydroxyl groups is 1. The molecule has 3 rings (SSSR count). The van der Waals surface area contributed by atoms with Gasteiger partial charge in [0.25, 0.3) is 5.56 Å². The Hall–Kier alpha value is -2.80. The van der Waals surface area contributed by atoms with Crippen molar-refractivity contribution in [2.75, 3.05) is 6.61 Å². The second kappa shape index (κ2) is 6.98. The van der Waals surface area contributed by atoms with E-state index in [-0.39, 0.29) is 18.0 Å². The molecule has 0 aliphatic rings. The lowest BCUT2D eigenvalue weighted by Gasteiger charge is -2.14. The van der Waals surface area contributed by atoms with Gasteiger partial charge in [-0.1, -0.05) is 19.1 Å². The van der Waals surface area contributed by atoms with Gasteiger partial charge >= 0.3 is 0 Å². The normalized spacial score (nSPS) is 12.3. The van der Waals surface area contributed by atoms with Crippen LogP contribution in [-0.2, 0) is 6.42 Å². The minimum atomic E-state index is -0.539. The van der Waals surface area contributed by atoms with E-state index in [0.717, 1.165) is 12.0 Å². The molecule has 0 amide bonds. The van der Waals surface area contributed by atoms with Crippen LogP contribution in [0.15, 0.2) is 41.5 Å². The predicted octanol–water partition coefficient (Wildman–Crippen LogP) is 2.09. The number of H-pyrrole nitrogens is 1. The molecule has 130 valence electrons. The summed E-state index contributed by atoms with van der Waals surface area (Å²) in [5.41, 5.74) is 1.68. The van der Waals surface area contributed by atoms with Gasteiger partial charge in [0.15, 0.2) is 5.82 Å². The molecule has 1 aromatic carbocycles. The van der Waals surface area contributed by atoms with Gasteiger partial charge in [-0.15, -0.1) is 0 Å². The maximum absolute atomic E-state index is 14.4. The molecule has 7 heteroatoms. The number of nitrogens with zero attached hydrogens (tertiary/aromatic N) is 3. The van der Waals surface area contributed by atoms with Crippen molar-refractivity contribution in [2.45, 2.75) is 26.2 Å². The average Bonchev–Trinajstić information content (AvgIpc) is 3.06. The zero-order chi connectivity index (χ0) is 18.0. The van der Waals surface area contributed by atoms with E-state index in [2.05, 4.69) is 15.1 Å². The second-order valence-corrected chi connectivity index (χ2v) is 5.85. The average molecular weight is 342 g/mol. The minimum Gasteiger partial charge on any atom is -0.395 e. The van der Waals surface area contributed by atoms with E-state index in [0.29, 0.717) is 22.8 Å². The molecule has 0 unspecified atom stereocenters. The van der Waals surface area contributed by atoms with Crippen molar-refractivity contribution in [3.8, 4) is 5.82 Å². The summed E-state index contributed by atoms with van der Waals surface area (Å²) in [4.78, 5) is 18.4. The number of aliphatic hydroxyl groups excluding tert-OH is 1. The molecule has 2 aromatic heterocycles. The van der Waals surface area contributed by atoms with Crippen molar-refractivity contribution in [1.82, 2.24) is 19.7 Å². The van der Waals surface area contributed by atoms with Crippen molar-refractivity contribution >= 4 is 0 Å². The van der Waals surface area contributed by atoms with Crippen molar-refractivity contribution < 1.29 is 9.50 Å². The molecule has 0 aliphatic heterocycles. The Morgan fingerprint density at radius 3 is 2.80 bits per heavy atom. The molecule has 0 fully saturated rings. The molecule has 2 N–H and O–H groups in total. The number of halogens is 1. The van der Waals surface area contributed by atoms with Crippen LogP contribution in [0.2, 0.25) is 0 Å². The van der Waals surface area contributed by atoms with Gasteiger partial charge in [0, 0.05) is 23.7 Å². The van der Waals surface area contributed by atoms with Gasteiger partial charge < -0.3 is 10.1 Å². The van der Waals surface area contributed by atoms with E-state index < -0.39 is 5.92 Å². The van der Waals surface area contributed by atoms with Gasteiger partial charge in [0.2, 0.25) is 0 Å². The predicted molar refractivity (Wildman–Crippen MR) is 91.4 cm³/mol. The highest BCUT2D eigenvalue weighted by Crippen LogP contribution is 2.27. The highest BCUT2D eigenvalue weighted by Gasteiger charge is 2.19. The number of benzene rings is 1. The highest BCUT2D eigenvalue weighted by molar-refractivity contribution is 5.35. The second-order valence-electron chi connectivity index (χ2n) is 5.85. The SMILES string of the molecule is CCc1ccc([C@@H](CO)c2cnn(-c3cc(=O)[nH]c(C)n3)c2)c(F)c1. The number of hydrogen-bond donors (Lipinski definition) is 2. The van der Waals surface area contributed by atoms with Crippen LogP contribution < -0.4 is 5.56 Å². The first-order valence-electron chi connectivity index (χ1n) is 8.04. The van der Waals surface area contributed by atoms with Crippen molar-refractivity contribution in [1.29, 1.82) is 0 Å². The molecule has 0 aliphatic carbocycles. The third-order valence-corrected chi connectivity index (χ3v) is 4.12. The van der Waals surface area contributed by atoms with E-state index in [1.54, 1.807) is 25.4 Å². The standard InChI is InChI=1S/C18H19FN4O2/c1-3-12-4-5-14(16(19)6-12)15(10-24)13-8-20-23(9-13)17-7-18(25)22-11(2)21-17/h4-9,15,24H,3,10H2,1-2H3,(H,21,22,25)/t15-/m0/s1. The first-order chi connectivity index (χ1) is 12.0. The van der Waals surface area contributed by atoms with E-state index in [1.807, 2.05) is 13.0 Å². The smallest absolute Gasteiger partial charge is 0.253 e. The lowest BCUT2D eigenvalue weighted by molar-refractivity contribution is 0.278. The molecule has 1 atom stereocenters. The van der Waals surface area contributed by atoms with Crippen LogP contribution in [0.5, 0.6) is 0 Å². The summed E-state index contributed by atoms with van der Waals surface area (Å²) in [6.45, 7) is 3.38. The van der Waals surface area contributed by atoms with Crippen molar-refractivity contribution in [2.24, 2.45) is 0 Å². The zero-order valence-corrected chi connectivity index (χ0v) is 14.0. The fourth-order valence-electron chi connectivity index (χ4n) is 2.78. The van der Waals surface area contributed by atoms with E-state index in [4.69, 9.17) is 0 Å². The number of aryl methyl sites for hydroxylation is 2. The van der Waals surface area contributed by atoms with Crippen LogP contribution >= 0.6 is 0 Å². The van der Waals surface area contributed by atoms with Crippen LogP contribution in [0.1, 0.15) is 35.4 Å². The van der Waals surface area contributed by atoms with Crippen LogP contribution in [0, 0.1) is 12.7 Å². The van der Waals surface area contributed by atoms with Gasteiger partial charge in [-0.3, -0.25) is 4.79 Å². The van der Waals surface area contributed by atoms with Gasteiger partial charge in [0.1, 0.15) is 11.6 Å². The first-order valence-corrected chi connectivity index (χ1v) is 8.04. The highest BCUT2D eigenvalue weighted by atomic mass is 19.1. The number of nitrogens with one attached hydrogen (secondary N) is 1. The number of rotatable bonds is 5. The van der Waals surface area contributed by atoms with Crippen molar-refractivity contribution in [3.05, 3.63) is 75.3 Å². The maximum atomic E-state index is 14.4. The topological polar surface area (TPSA) is 83.8 Å². The molecular weight excluding hydrogens is 323 g/mol. The van der Waals surface area contributed by atoms with Crippen LogP contribution in [0.4, 0.5) is 4.39 Å². The summed E-state index contributed by atoms with van der Waals surface area (Å²) < 4.78 is 15.8. The monoisotopic (exact) mass is 342 g/mol. The van der Waals surface area contributed by atoms with Gasteiger partial charge in [-0.2, -0.15) is 5.10 Å². The summed E-state index contributed by atoms with van der Waals surface area (Å²) in [7, 11) is 0. The summed E-state index contributed by atoms with van der Waals surface area (Å²) in [6.07, 6.45) is 3.94. The molecule has 0 saturated carbocycles. The van der Waals surface area contributed by atoms with Crippen LogP contribution in [0.3, 0.4) is 0 Å². The molecular formula is C18H19FN4O2. The van der Waals surface area contributed by atoms with Gasteiger partial charge in [0.05, 0.1) is 12.8 Å². The Balaban J connectivity index is 1.98. The lowest BCUT2D eigenvalue weighted by atomic mass is 9.93. The van der Waals surface area contributed by atoms with Gasteiger partial charge in [-0.25, -0.2) is 14.1 Å². The summed E-state index contributed by atoms with van der Waals surface area (Å²) in [6, 6.07) is 6.37. The van der Waals surface area contributed by atoms with E-state index in [1.165, 1.54) is 16.8 Å². The number of hydrogen-bond acceptors (Lipinski definition) is 4. The molecule has 25 heavy (non-hydrogen) atoms. The molecule has 0 bridgehead atoms. The summed E-state index contributed by atoms with van der Waals surface area (Å²) in [5.74, 6) is -0.0514. The zero-order valence-electron chi connectivity index (χ0n) is 14.0. The van der Waals surface area contributed by atoms with E-state index >= 15 is 0 Å². The van der Waals surface area contributed by atoms with Crippen molar-refractivity contribution in [3.63, 3.8) is 0 Å². The van der Waals surface area contributed by atoms with E-state index in [9.17, 15) is 14.3 Å². The molecule has 0 radical (unpaired) electrons.